The van der Waals surface area contributed by atoms with Crippen LogP contribution in [0, 0.1) is 22.2 Å². The lowest BCUT2D eigenvalue weighted by molar-refractivity contribution is 0.0289. The first-order chi connectivity index (χ1) is 12.6. The van der Waals surface area contributed by atoms with Crippen molar-refractivity contribution < 1.29 is 14.2 Å². The van der Waals surface area contributed by atoms with Crippen LogP contribution in [-0.2, 0) is 14.2 Å². The lowest BCUT2D eigenvalue weighted by Crippen LogP contribution is -2.28. The molecule has 0 heterocycles. The third-order valence-electron chi connectivity index (χ3n) is 4.55. The molecule has 0 amide bonds. The second kappa shape index (κ2) is 17.7. The number of ether oxygens (including phenoxy) is 3. The van der Waals surface area contributed by atoms with Crippen LogP contribution in [-0.4, -0.2) is 41.2 Å². The molecule has 0 spiro atoms. The molecule has 0 rings (SSSR count). The summed E-state index contributed by atoms with van der Waals surface area (Å²) in [6, 6.07) is 0. The Hall–Kier alpha value is -0.120. The second-order valence-corrected chi connectivity index (χ2v) is 11.3. The van der Waals surface area contributed by atoms with E-state index in [0.29, 0.717) is 16.7 Å². The molecule has 0 bridgehead atoms. The van der Waals surface area contributed by atoms with E-state index in [1.807, 2.05) is 0 Å². The van der Waals surface area contributed by atoms with Crippen molar-refractivity contribution >= 4 is 0 Å². The summed E-state index contributed by atoms with van der Waals surface area (Å²) >= 11 is 0. The van der Waals surface area contributed by atoms with Crippen LogP contribution in [0.1, 0.15) is 101 Å². The Morgan fingerprint density at radius 1 is 0.607 bits per heavy atom. The van der Waals surface area contributed by atoms with E-state index in [4.69, 9.17) is 14.2 Å². The van der Waals surface area contributed by atoms with E-state index in [-0.39, 0.29) is 5.41 Å². The van der Waals surface area contributed by atoms with Gasteiger partial charge >= 0.3 is 0 Å². The molecule has 0 aromatic heterocycles. The van der Waals surface area contributed by atoms with E-state index in [1.54, 1.807) is 21.3 Å². The van der Waals surface area contributed by atoms with Crippen LogP contribution in [0.15, 0.2) is 0 Å². The number of methoxy groups -OCH3 is 3. The van der Waals surface area contributed by atoms with Gasteiger partial charge in [0.15, 0.2) is 0 Å². The molecule has 0 fully saturated rings. The van der Waals surface area contributed by atoms with Gasteiger partial charge in [-0.05, 0) is 29.1 Å². The summed E-state index contributed by atoms with van der Waals surface area (Å²) in [5.41, 5.74) is 1.25. The van der Waals surface area contributed by atoms with Crippen molar-refractivity contribution in [2.45, 2.75) is 101 Å². The van der Waals surface area contributed by atoms with Crippen LogP contribution >= 0.6 is 0 Å². The zero-order valence-electron chi connectivity index (χ0n) is 22.0. The van der Waals surface area contributed by atoms with Gasteiger partial charge in [0.2, 0.25) is 0 Å². The normalized spacial score (nSPS) is 12.2. The molecule has 0 saturated carbocycles. The van der Waals surface area contributed by atoms with Gasteiger partial charge in [0.05, 0.1) is 13.2 Å². The predicted molar refractivity (Wildman–Crippen MR) is 126 cm³/mol. The lowest BCUT2D eigenvalue weighted by atomic mass is 9.82. The highest BCUT2D eigenvalue weighted by Gasteiger charge is 2.24. The molecule has 0 N–H and O–H groups in total. The molecule has 0 aliphatic rings. The van der Waals surface area contributed by atoms with E-state index in [9.17, 15) is 0 Å². The van der Waals surface area contributed by atoms with Crippen molar-refractivity contribution in [3.63, 3.8) is 0 Å². The van der Waals surface area contributed by atoms with Gasteiger partial charge < -0.3 is 14.2 Å². The Labute approximate surface area is 179 Å². The summed E-state index contributed by atoms with van der Waals surface area (Å²) in [4.78, 5) is 0. The minimum atomic E-state index is 0.270. The van der Waals surface area contributed by atoms with Gasteiger partial charge in [-0.2, -0.15) is 0 Å². The van der Waals surface area contributed by atoms with Crippen molar-refractivity contribution in [2.24, 2.45) is 22.2 Å². The van der Waals surface area contributed by atoms with Gasteiger partial charge in [0.25, 0.3) is 0 Å². The molecule has 0 saturated heterocycles. The quantitative estimate of drug-likeness (QED) is 0.370. The standard InChI is InChI=1S/C9H20O2.C9H20.C7H16O/c1-9(2,3)8(6-10-4)7-11-5;1-5-6-7-8-9(2,3)4;1-7(2,3)5-6-8-4/h8H,6-7H2,1-5H3;5-8H2,1-4H3;5-6H2,1-4H3. The maximum atomic E-state index is 5.10. The van der Waals surface area contributed by atoms with Crippen LogP contribution in [0.4, 0.5) is 0 Å². The van der Waals surface area contributed by atoms with Crippen LogP contribution in [0.3, 0.4) is 0 Å². The Bertz CT molecular complexity index is 299. The van der Waals surface area contributed by atoms with Crippen molar-refractivity contribution in [2.75, 3.05) is 41.2 Å². The zero-order chi connectivity index (χ0) is 22.9. The molecule has 0 atom stereocenters. The minimum Gasteiger partial charge on any atom is -0.385 e. The van der Waals surface area contributed by atoms with Crippen LogP contribution in [0.25, 0.3) is 0 Å². The SMILES string of the molecule is CCCCCC(C)(C)C.COCC(COC)C(C)(C)C.COCCC(C)(C)C. The molecule has 0 aliphatic carbocycles. The third kappa shape index (κ3) is 30.6. The molecule has 174 valence electrons. The summed E-state index contributed by atoms with van der Waals surface area (Å²) in [6.45, 7) is 24.9. The monoisotopic (exact) mass is 404 g/mol. The fourth-order valence-corrected chi connectivity index (χ4v) is 2.26. The highest BCUT2D eigenvalue weighted by Crippen LogP contribution is 2.26. The molecule has 0 aromatic carbocycles. The van der Waals surface area contributed by atoms with E-state index in [2.05, 4.69) is 69.2 Å². The summed E-state index contributed by atoms with van der Waals surface area (Å²) in [7, 11) is 5.20. The molecule has 28 heavy (non-hydrogen) atoms. The fraction of sp³-hybridized carbons (Fsp3) is 1.00. The number of unbranched alkanes of at least 4 members (excludes halogenated alkanes) is 2. The second-order valence-electron chi connectivity index (χ2n) is 11.3. The number of rotatable bonds is 9. The van der Waals surface area contributed by atoms with E-state index in [1.165, 1.54) is 25.7 Å². The summed E-state index contributed by atoms with van der Waals surface area (Å²) in [5, 5.41) is 0. The average molecular weight is 405 g/mol. The summed E-state index contributed by atoms with van der Waals surface area (Å²) in [6.07, 6.45) is 6.66. The summed E-state index contributed by atoms with van der Waals surface area (Å²) in [5.74, 6) is 0.484. The molecule has 0 radical (unpaired) electrons. The minimum absolute atomic E-state index is 0.270. The molecule has 0 unspecified atom stereocenters. The van der Waals surface area contributed by atoms with Gasteiger partial charge in [-0.3, -0.25) is 0 Å². The average Bonchev–Trinajstić information content (AvgIpc) is 2.51. The number of hydrogen-bond acceptors (Lipinski definition) is 3. The van der Waals surface area contributed by atoms with Crippen LogP contribution in [0.2, 0.25) is 0 Å². The van der Waals surface area contributed by atoms with E-state index < -0.39 is 0 Å². The fourth-order valence-electron chi connectivity index (χ4n) is 2.26. The molecular formula is C25H56O3. The first kappa shape index (κ1) is 32.5. The van der Waals surface area contributed by atoms with Crippen LogP contribution in [0.5, 0.6) is 0 Å². The van der Waals surface area contributed by atoms with Crippen molar-refractivity contribution in [3.05, 3.63) is 0 Å². The van der Waals surface area contributed by atoms with Gasteiger partial charge in [0, 0.05) is 33.9 Å². The highest BCUT2D eigenvalue weighted by molar-refractivity contribution is 4.72. The summed E-state index contributed by atoms with van der Waals surface area (Å²) < 4.78 is 15.1. The topological polar surface area (TPSA) is 27.7 Å². The van der Waals surface area contributed by atoms with Crippen molar-refractivity contribution in [3.8, 4) is 0 Å². The Morgan fingerprint density at radius 2 is 1.04 bits per heavy atom. The Balaban J connectivity index is -0.000000340. The van der Waals surface area contributed by atoms with Gasteiger partial charge in [-0.1, -0.05) is 88.5 Å². The Morgan fingerprint density at radius 3 is 1.25 bits per heavy atom. The van der Waals surface area contributed by atoms with E-state index in [0.717, 1.165) is 26.2 Å². The molecule has 3 nitrogen and oxygen atoms in total. The van der Waals surface area contributed by atoms with Crippen molar-refractivity contribution in [1.29, 1.82) is 0 Å². The molecular weight excluding hydrogens is 348 g/mol. The molecule has 0 aliphatic heterocycles. The van der Waals surface area contributed by atoms with Gasteiger partial charge in [0.1, 0.15) is 0 Å². The smallest absolute Gasteiger partial charge is 0.0517 e. The first-order valence-corrected chi connectivity index (χ1v) is 11.1. The third-order valence-corrected chi connectivity index (χ3v) is 4.55. The van der Waals surface area contributed by atoms with E-state index >= 15 is 0 Å². The van der Waals surface area contributed by atoms with Gasteiger partial charge in [-0.25, -0.2) is 0 Å². The first-order valence-electron chi connectivity index (χ1n) is 11.1. The highest BCUT2D eigenvalue weighted by atomic mass is 16.5. The Kier molecular flexibility index (Phi) is 20.6. The predicted octanol–water partition coefficient (Wildman–Crippen LogP) is 7.62. The lowest BCUT2D eigenvalue weighted by Gasteiger charge is -2.29. The number of hydrogen-bond donors (Lipinski definition) is 0. The van der Waals surface area contributed by atoms with Gasteiger partial charge in [-0.15, -0.1) is 0 Å². The maximum absolute atomic E-state index is 5.10. The largest absolute Gasteiger partial charge is 0.385 e. The molecule has 0 aromatic rings. The van der Waals surface area contributed by atoms with Crippen LogP contribution < -0.4 is 0 Å². The van der Waals surface area contributed by atoms with Crippen molar-refractivity contribution in [1.82, 2.24) is 0 Å². The maximum Gasteiger partial charge on any atom is 0.0517 e. The molecule has 3 heteroatoms. The zero-order valence-corrected chi connectivity index (χ0v) is 22.0.